The van der Waals surface area contributed by atoms with E-state index in [1.54, 1.807) is 12.0 Å². The zero-order valence-electron chi connectivity index (χ0n) is 16.2. The molecule has 0 N–H and O–H groups in total. The Balaban J connectivity index is 1.52. The molecule has 0 radical (unpaired) electrons. The van der Waals surface area contributed by atoms with Crippen LogP contribution in [0.15, 0.2) is 24.4 Å². The van der Waals surface area contributed by atoms with Crippen LogP contribution in [0.4, 0.5) is 0 Å². The Morgan fingerprint density at radius 2 is 2.15 bits per heavy atom. The zero-order valence-corrected chi connectivity index (χ0v) is 16.2. The van der Waals surface area contributed by atoms with Crippen molar-refractivity contribution >= 4 is 11.8 Å². The van der Waals surface area contributed by atoms with Gasteiger partial charge < -0.3 is 14.5 Å². The van der Waals surface area contributed by atoms with E-state index in [2.05, 4.69) is 9.88 Å². The van der Waals surface area contributed by atoms with Crippen LogP contribution < -0.4 is 0 Å². The van der Waals surface area contributed by atoms with Crippen LogP contribution in [0.25, 0.3) is 0 Å². The number of amides is 2. The van der Waals surface area contributed by atoms with Gasteiger partial charge in [0.1, 0.15) is 0 Å². The molecule has 0 aliphatic carbocycles. The summed E-state index contributed by atoms with van der Waals surface area (Å²) in [6.45, 7) is 5.80. The van der Waals surface area contributed by atoms with Gasteiger partial charge in [0.2, 0.25) is 11.8 Å². The molecule has 1 aromatic heterocycles. The first-order valence-corrected chi connectivity index (χ1v) is 9.85. The SMILES string of the molecule is COCCN1CC(C(=O)N2CCCN(Cc3ccccn3)CC2)CCC1=O. The fraction of sp³-hybridized carbons (Fsp3) is 0.650. The third-order valence-electron chi connectivity index (χ3n) is 5.43. The minimum Gasteiger partial charge on any atom is -0.383 e. The molecule has 2 fully saturated rings. The molecule has 0 aromatic carbocycles. The molecule has 1 unspecified atom stereocenters. The molecule has 27 heavy (non-hydrogen) atoms. The van der Waals surface area contributed by atoms with Crippen molar-refractivity contribution in [2.45, 2.75) is 25.8 Å². The van der Waals surface area contributed by atoms with E-state index in [0.29, 0.717) is 32.5 Å². The van der Waals surface area contributed by atoms with Crippen LogP contribution in [0, 0.1) is 5.92 Å². The van der Waals surface area contributed by atoms with Gasteiger partial charge in [-0.25, -0.2) is 0 Å². The van der Waals surface area contributed by atoms with Gasteiger partial charge in [-0.1, -0.05) is 6.07 Å². The first-order valence-electron chi connectivity index (χ1n) is 9.85. The minimum atomic E-state index is -0.0816. The van der Waals surface area contributed by atoms with Crippen molar-refractivity contribution in [3.63, 3.8) is 0 Å². The van der Waals surface area contributed by atoms with Crippen molar-refractivity contribution in [3.8, 4) is 0 Å². The number of aromatic nitrogens is 1. The van der Waals surface area contributed by atoms with Crippen LogP contribution in [0.5, 0.6) is 0 Å². The number of carbonyl (C=O) groups excluding carboxylic acids is 2. The number of hydrogen-bond donors (Lipinski definition) is 0. The Hall–Kier alpha value is -1.99. The maximum Gasteiger partial charge on any atom is 0.227 e. The standard InChI is InChI=1S/C20H30N4O3/c1-27-14-13-24-15-17(6-7-19(24)25)20(26)23-10-4-9-22(11-12-23)16-18-5-2-3-8-21-18/h2-3,5,8,17H,4,6-7,9-16H2,1H3. The molecule has 0 saturated carbocycles. The zero-order chi connectivity index (χ0) is 19.1. The van der Waals surface area contributed by atoms with E-state index in [0.717, 1.165) is 44.8 Å². The third-order valence-corrected chi connectivity index (χ3v) is 5.43. The molecule has 2 aliphatic rings. The van der Waals surface area contributed by atoms with E-state index in [1.165, 1.54) is 0 Å². The van der Waals surface area contributed by atoms with E-state index in [9.17, 15) is 9.59 Å². The normalized spacial score (nSPS) is 22.0. The second-order valence-electron chi connectivity index (χ2n) is 7.34. The average molecular weight is 374 g/mol. The number of hydrogen-bond acceptors (Lipinski definition) is 5. The van der Waals surface area contributed by atoms with E-state index in [4.69, 9.17) is 4.74 Å². The molecule has 2 amide bonds. The predicted molar refractivity (Wildman–Crippen MR) is 102 cm³/mol. The van der Waals surface area contributed by atoms with Crippen molar-refractivity contribution in [1.82, 2.24) is 19.7 Å². The van der Waals surface area contributed by atoms with Crippen molar-refractivity contribution in [1.29, 1.82) is 0 Å². The lowest BCUT2D eigenvalue weighted by atomic mass is 9.96. The number of piperidine rings is 1. The van der Waals surface area contributed by atoms with Crippen molar-refractivity contribution < 1.29 is 14.3 Å². The molecule has 1 aromatic rings. The molecule has 3 heterocycles. The lowest BCUT2D eigenvalue weighted by Crippen LogP contribution is -2.48. The van der Waals surface area contributed by atoms with Gasteiger partial charge in [0.15, 0.2) is 0 Å². The summed E-state index contributed by atoms with van der Waals surface area (Å²) < 4.78 is 5.08. The molecule has 7 heteroatoms. The number of ether oxygens (including phenoxy) is 1. The van der Waals surface area contributed by atoms with Crippen LogP contribution in [-0.4, -0.2) is 84.5 Å². The number of rotatable bonds is 6. The Morgan fingerprint density at radius 1 is 1.26 bits per heavy atom. The van der Waals surface area contributed by atoms with E-state index < -0.39 is 0 Å². The van der Waals surface area contributed by atoms with Crippen LogP contribution in [-0.2, 0) is 20.9 Å². The highest BCUT2D eigenvalue weighted by Crippen LogP contribution is 2.21. The number of methoxy groups -OCH3 is 1. The fourth-order valence-electron chi connectivity index (χ4n) is 3.86. The average Bonchev–Trinajstić information content (AvgIpc) is 2.93. The molecule has 2 aliphatic heterocycles. The highest BCUT2D eigenvalue weighted by Gasteiger charge is 2.33. The molecule has 1 atom stereocenters. The van der Waals surface area contributed by atoms with Gasteiger partial charge in [-0.2, -0.15) is 0 Å². The summed E-state index contributed by atoms with van der Waals surface area (Å²) in [6, 6.07) is 5.98. The van der Waals surface area contributed by atoms with Crippen LogP contribution >= 0.6 is 0 Å². The monoisotopic (exact) mass is 374 g/mol. The quantitative estimate of drug-likeness (QED) is 0.743. The number of likely N-dealkylation sites (tertiary alicyclic amines) is 1. The number of pyridine rings is 1. The summed E-state index contributed by atoms with van der Waals surface area (Å²) in [5, 5.41) is 0. The highest BCUT2D eigenvalue weighted by molar-refractivity contribution is 5.84. The molecular weight excluding hydrogens is 344 g/mol. The minimum absolute atomic E-state index is 0.0816. The van der Waals surface area contributed by atoms with E-state index in [1.807, 2.05) is 29.3 Å². The Bertz CT molecular complexity index is 625. The molecule has 0 spiro atoms. The second kappa shape index (κ2) is 9.80. The molecule has 7 nitrogen and oxygen atoms in total. The molecule has 148 valence electrons. The molecule has 2 saturated heterocycles. The predicted octanol–water partition coefficient (Wildman–Crippen LogP) is 1.00. The van der Waals surface area contributed by atoms with Crippen LogP contribution in [0.1, 0.15) is 25.0 Å². The van der Waals surface area contributed by atoms with Gasteiger partial charge in [-0.15, -0.1) is 0 Å². The number of nitrogens with zero attached hydrogens (tertiary/aromatic N) is 4. The summed E-state index contributed by atoms with van der Waals surface area (Å²) in [5.41, 5.74) is 1.07. The highest BCUT2D eigenvalue weighted by atomic mass is 16.5. The van der Waals surface area contributed by atoms with Crippen LogP contribution in [0.3, 0.4) is 0 Å². The van der Waals surface area contributed by atoms with E-state index >= 15 is 0 Å². The first kappa shape index (κ1) is 19.8. The van der Waals surface area contributed by atoms with Gasteiger partial charge in [0.25, 0.3) is 0 Å². The van der Waals surface area contributed by atoms with Gasteiger partial charge in [0, 0.05) is 65.5 Å². The van der Waals surface area contributed by atoms with Crippen LogP contribution in [0.2, 0.25) is 0 Å². The molecule has 0 bridgehead atoms. The second-order valence-corrected chi connectivity index (χ2v) is 7.34. The summed E-state index contributed by atoms with van der Waals surface area (Å²) in [7, 11) is 1.63. The smallest absolute Gasteiger partial charge is 0.227 e. The van der Waals surface area contributed by atoms with Crippen molar-refractivity contribution in [2.75, 3.05) is 53.0 Å². The lowest BCUT2D eigenvalue weighted by Gasteiger charge is -2.34. The number of carbonyl (C=O) groups is 2. The largest absolute Gasteiger partial charge is 0.383 e. The molecule has 3 rings (SSSR count). The summed E-state index contributed by atoms with van der Waals surface area (Å²) in [4.78, 5) is 35.6. The third kappa shape index (κ3) is 5.49. The fourth-order valence-corrected chi connectivity index (χ4v) is 3.86. The Morgan fingerprint density at radius 3 is 2.93 bits per heavy atom. The topological polar surface area (TPSA) is 66.0 Å². The maximum atomic E-state index is 13.0. The maximum absolute atomic E-state index is 13.0. The Kier molecular flexibility index (Phi) is 7.18. The van der Waals surface area contributed by atoms with Crippen molar-refractivity contribution in [3.05, 3.63) is 30.1 Å². The van der Waals surface area contributed by atoms with Crippen molar-refractivity contribution in [2.24, 2.45) is 5.92 Å². The summed E-state index contributed by atoms with van der Waals surface area (Å²) in [5.74, 6) is 0.250. The summed E-state index contributed by atoms with van der Waals surface area (Å²) in [6.07, 6.45) is 3.91. The van der Waals surface area contributed by atoms with Gasteiger partial charge >= 0.3 is 0 Å². The molecular formula is C20H30N4O3. The van der Waals surface area contributed by atoms with E-state index in [-0.39, 0.29) is 17.7 Å². The summed E-state index contributed by atoms with van der Waals surface area (Å²) >= 11 is 0. The first-order chi connectivity index (χ1) is 13.2. The van der Waals surface area contributed by atoms with Gasteiger partial charge in [-0.05, 0) is 25.0 Å². The Labute approximate surface area is 161 Å². The lowest BCUT2D eigenvalue weighted by molar-refractivity contribution is -0.143. The van der Waals surface area contributed by atoms with Gasteiger partial charge in [-0.3, -0.25) is 19.5 Å². The van der Waals surface area contributed by atoms with Gasteiger partial charge in [0.05, 0.1) is 18.2 Å².